The lowest BCUT2D eigenvalue weighted by atomic mass is 10.1. The van der Waals surface area contributed by atoms with Gasteiger partial charge in [0.15, 0.2) is 5.58 Å². The Morgan fingerprint density at radius 2 is 1.86 bits per heavy atom. The lowest BCUT2D eigenvalue weighted by molar-refractivity contribution is 0.0697. The van der Waals surface area contributed by atoms with Crippen molar-refractivity contribution >= 4 is 52.2 Å². The van der Waals surface area contributed by atoms with Gasteiger partial charge in [-0.05, 0) is 54.6 Å². The van der Waals surface area contributed by atoms with Crippen molar-refractivity contribution in [1.82, 2.24) is 4.98 Å². The smallest absolute Gasteiger partial charge is 0.335 e. The maximum absolute atomic E-state index is 11.1. The third kappa shape index (κ3) is 3.94. The van der Waals surface area contributed by atoms with Crippen LogP contribution >= 0.6 is 23.2 Å². The molecular weight excluding hydrogens is 415 g/mol. The number of halogens is 2. The maximum atomic E-state index is 11.1. The first-order valence-electron chi connectivity index (χ1n) is 8.37. The molecule has 3 aromatic carbocycles. The molecule has 4 aromatic rings. The van der Waals surface area contributed by atoms with Gasteiger partial charge in [-0.3, -0.25) is 4.99 Å². The molecular formula is C21H12Cl2N2O4. The number of rotatable bonds is 4. The quantitative estimate of drug-likeness (QED) is 0.392. The number of phenols is 1. The Labute approximate surface area is 174 Å². The molecule has 0 spiro atoms. The second-order valence-corrected chi connectivity index (χ2v) is 6.95. The average molecular weight is 427 g/mol. The minimum absolute atomic E-state index is 0.0578. The van der Waals surface area contributed by atoms with Gasteiger partial charge in [-0.25, -0.2) is 9.78 Å². The molecule has 29 heavy (non-hydrogen) atoms. The Bertz CT molecular complexity index is 1280. The van der Waals surface area contributed by atoms with Crippen LogP contribution in [0.5, 0.6) is 5.75 Å². The van der Waals surface area contributed by atoms with E-state index in [0.29, 0.717) is 43.9 Å². The van der Waals surface area contributed by atoms with E-state index in [9.17, 15) is 9.90 Å². The number of phenolic OH excluding ortho intramolecular Hbond substituents is 1. The molecule has 0 saturated carbocycles. The molecule has 2 N–H and O–H groups in total. The summed E-state index contributed by atoms with van der Waals surface area (Å²) in [5, 5.41) is 19.8. The number of aromatic nitrogens is 1. The highest BCUT2D eigenvalue weighted by atomic mass is 35.5. The van der Waals surface area contributed by atoms with Crippen LogP contribution in [0.25, 0.3) is 22.6 Å². The third-order valence-corrected chi connectivity index (χ3v) is 4.90. The molecule has 0 fully saturated rings. The highest BCUT2D eigenvalue weighted by Crippen LogP contribution is 2.31. The fraction of sp³-hybridized carbons (Fsp3) is 0. The fourth-order valence-corrected chi connectivity index (χ4v) is 2.98. The fourth-order valence-electron chi connectivity index (χ4n) is 2.68. The number of hydrogen-bond acceptors (Lipinski definition) is 5. The van der Waals surface area contributed by atoms with Gasteiger partial charge < -0.3 is 14.6 Å². The van der Waals surface area contributed by atoms with Crippen LogP contribution in [-0.4, -0.2) is 27.4 Å². The van der Waals surface area contributed by atoms with E-state index in [-0.39, 0.29) is 11.3 Å². The number of aliphatic imine (C=N–C) groups is 1. The topological polar surface area (TPSA) is 95.9 Å². The van der Waals surface area contributed by atoms with Gasteiger partial charge in [-0.2, -0.15) is 0 Å². The Balaban J connectivity index is 1.66. The molecule has 0 aliphatic carbocycles. The van der Waals surface area contributed by atoms with Crippen LogP contribution < -0.4 is 0 Å². The molecule has 0 saturated heterocycles. The summed E-state index contributed by atoms with van der Waals surface area (Å²) in [5.41, 5.74) is 2.76. The van der Waals surface area contributed by atoms with Gasteiger partial charge in [-0.1, -0.05) is 23.2 Å². The van der Waals surface area contributed by atoms with E-state index in [1.165, 1.54) is 24.4 Å². The number of carbonyl (C=O) groups is 1. The van der Waals surface area contributed by atoms with Crippen LogP contribution in [0, 0.1) is 0 Å². The van der Waals surface area contributed by atoms with Crippen molar-refractivity contribution < 1.29 is 19.4 Å². The molecule has 144 valence electrons. The molecule has 0 radical (unpaired) electrons. The van der Waals surface area contributed by atoms with E-state index in [1.54, 1.807) is 36.4 Å². The first-order chi connectivity index (χ1) is 13.9. The lowest BCUT2D eigenvalue weighted by Gasteiger charge is -2.00. The lowest BCUT2D eigenvalue weighted by Crippen LogP contribution is -1.97. The van der Waals surface area contributed by atoms with Gasteiger partial charge >= 0.3 is 5.97 Å². The molecule has 0 bridgehead atoms. The number of carboxylic acids is 1. The normalized spacial score (nSPS) is 11.4. The Kier molecular flexibility index (Phi) is 4.96. The average Bonchev–Trinajstić information content (AvgIpc) is 3.12. The molecule has 1 aromatic heterocycles. The van der Waals surface area contributed by atoms with Crippen LogP contribution in [0.2, 0.25) is 10.0 Å². The number of fused-ring (bicyclic) bond motifs is 1. The van der Waals surface area contributed by atoms with E-state index in [0.717, 1.165) is 0 Å². The summed E-state index contributed by atoms with van der Waals surface area (Å²) in [5.74, 6) is -0.756. The summed E-state index contributed by atoms with van der Waals surface area (Å²) < 4.78 is 5.76. The zero-order chi connectivity index (χ0) is 20.5. The standard InChI is InChI=1S/C21H12Cl2N2O4/c22-15-4-1-11(8-16(15)23)20-25-17-9-14(3-6-19(17)29-20)24-10-13-7-12(21(27)28)2-5-18(13)26/h1-10,26H,(H,27,28). The minimum Gasteiger partial charge on any atom is -0.507 e. The first kappa shape index (κ1) is 19.0. The highest BCUT2D eigenvalue weighted by molar-refractivity contribution is 6.42. The number of hydrogen-bond donors (Lipinski definition) is 2. The van der Waals surface area contributed by atoms with Gasteiger partial charge in [0.1, 0.15) is 11.3 Å². The summed E-state index contributed by atoms with van der Waals surface area (Å²) in [6.07, 6.45) is 1.39. The molecule has 0 atom stereocenters. The predicted molar refractivity (Wildman–Crippen MR) is 112 cm³/mol. The van der Waals surface area contributed by atoms with Crippen LogP contribution in [0.15, 0.2) is 64.0 Å². The summed E-state index contributed by atoms with van der Waals surface area (Å²) in [6.45, 7) is 0. The van der Waals surface area contributed by atoms with Crippen molar-refractivity contribution in [2.24, 2.45) is 4.99 Å². The third-order valence-electron chi connectivity index (χ3n) is 4.16. The number of aromatic hydroxyl groups is 1. The van der Waals surface area contributed by atoms with Crippen LogP contribution in [0.4, 0.5) is 5.69 Å². The van der Waals surface area contributed by atoms with Crippen molar-refractivity contribution in [3.05, 3.63) is 75.8 Å². The maximum Gasteiger partial charge on any atom is 0.335 e. The minimum atomic E-state index is -1.08. The molecule has 1 heterocycles. The SMILES string of the molecule is O=C(O)c1ccc(O)c(C=Nc2ccc3oc(-c4ccc(Cl)c(Cl)c4)nc3c2)c1. The Morgan fingerprint density at radius 3 is 2.62 bits per heavy atom. The van der Waals surface area contributed by atoms with E-state index in [1.807, 2.05) is 0 Å². The Morgan fingerprint density at radius 1 is 1.03 bits per heavy atom. The molecule has 6 nitrogen and oxygen atoms in total. The van der Waals surface area contributed by atoms with Gasteiger partial charge in [0.25, 0.3) is 0 Å². The summed E-state index contributed by atoms with van der Waals surface area (Å²) in [6, 6.07) is 14.2. The van der Waals surface area contributed by atoms with Crippen molar-refractivity contribution in [2.45, 2.75) is 0 Å². The van der Waals surface area contributed by atoms with Crippen molar-refractivity contribution in [3.63, 3.8) is 0 Å². The van der Waals surface area contributed by atoms with Gasteiger partial charge in [0, 0.05) is 17.3 Å². The monoisotopic (exact) mass is 426 g/mol. The summed E-state index contributed by atoms with van der Waals surface area (Å²) in [7, 11) is 0. The number of aromatic carboxylic acids is 1. The van der Waals surface area contributed by atoms with Crippen LogP contribution in [-0.2, 0) is 0 Å². The van der Waals surface area contributed by atoms with Crippen molar-refractivity contribution in [1.29, 1.82) is 0 Å². The number of benzene rings is 3. The van der Waals surface area contributed by atoms with Crippen LogP contribution in [0.3, 0.4) is 0 Å². The van der Waals surface area contributed by atoms with E-state index in [4.69, 9.17) is 32.7 Å². The molecule has 0 amide bonds. The number of oxazole rings is 1. The van der Waals surface area contributed by atoms with Gasteiger partial charge in [0.2, 0.25) is 5.89 Å². The largest absolute Gasteiger partial charge is 0.507 e. The summed E-state index contributed by atoms with van der Waals surface area (Å²) in [4.78, 5) is 19.8. The zero-order valence-corrected chi connectivity index (χ0v) is 16.1. The van der Waals surface area contributed by atoms with E-state index in [2.05, 4.69) is 9.98 Å². The van der Waals surface area contributed by atoms with Gasteiger partial charge in [0.05, 0.1) is 21.3 Å². The predicted octanol–water partition coefficient (Wildman–Crippen LogP) is 5.96. The van der Waals surface area contributed by atoms with Gasteiger partial charge in [-0.15, -0.1) is 0 Å². The molecule has 0 unspecified atom stereocenters. The summed E-state index contributed by atoms with van der Waals surface area (Å²) >= 11 is 12.0. The molecule has 8 heteroatoms. The molecule has 4 rings (SSSR count). The van der Waals surface area contributed by atoms with Crippen molar-refractivity contribution in [3.8, 4) is 17.2 Å². The molecule has 0 aliphatic heterocycles. The number of carboxylic acid groups (broad SMARTS) is 1. The highest BCUT2D eigenvalue weighted by Gasteiger charge is 2.11. The second kappa shape index (κ2) is 7.58. The number of nitrogens with zero attached hydrogens (tertiary/aromatic N) is 2. The second-order valence-electron chi connectivity index (χ2n) is 6.14. The first-order valence-corrected chi connectivity index (χ1v) is 9.13. The van der Waals surface area contributed by atoms with Crippen LogP contribution in [0.1, 0.15) is 15.9 Å². The van der Waals surface area contributed by atoms with Crippen molar-refractivity contribution in [2.75, 3.05) is 0 Å². The Hall–Kier alpha value is -3.35. The van der Waals surface area contributed by atoms with E-state index < -0.39 is 5.97 Å². The zero-order valence-electron chi connectivity index (χ0n) is 14.6. The molecule has 0 aliphatic rings. The van der Waals surface area contributed by atoms with E-state index >= 15 is 0 Å².